The monoisotopic (exact) mass is 442 g/mol. The summed E-state index contributed by atoms with van der Waals surface area (Å²) in [6.07, 6.45) is 15.5. The molecule has 4 rings (SSSR count). The number of hydrogen-bond donors (Lipinski definition) is 3. The van der Waals surface area contributed by atoms with E-state index in [9.17, 15) is 15.3 Å². The molecule has 180 valence electrons. The molecule has 0 bridgehead atoms. The van der Waals surface area contributed by atoms with Crippen LogP contribution in [0.15, 0.2) is 35.5 Å². The van der Waals surface area contributed by atoms with Crippen LogP contribution >= 0.6 is 0 Å². The van der Waals surface area contributed by atoms with Crippen molar-refractivity contribution in [2.24, 2.45) is 28.6 Å². The van der Waals surface area contributed by atoms with Crippen LogP contribution in [0, 0.1) is 28.6 Å². The highest BCUT2D eigenvalue weighted by molar-refractivity contribution is 5.42. The molecule has 6 atom stereocenters. The minimum atomic E-state index is -0.590. The molecule has 0 saturated heterocycles. The predicted octanol–water partition coefficient (Wildman–Crippen LogP) is 6.09. The summed E-state index contributed by atoms with van der Waals surface area (Å²) in [4.78, 5) is 0. The van der Waals surface area contributed by atoms with E-state index in [0.29, 0.717) is 23.7 Å². The Balaban J connectivity index is 1.45. The summed E-state index contributed by atoms with van der Waals surface area (Å²) in [6.45, 7) is 13.0. The molecule has 32 heavy (non-hydrogen) atoms. The van der Waals surface area contributed by atoms with Crippen molar-refractivity contribution in [3.05, 3.63) is 35.5 Å². The summed E-state index contributed by atoms with van der Waals surface area (Å²) in [7, 11) is 0. The van der Waals surface area contributed by atoms with Gasteiger partial charge in [0.05, 0.1) is 17.8 Å². The number of rotatable bonds is 6. The minimum absolute atomic E-state index is 0.301. The quantitative estimate of drug-likeness (QED) is 0.466. The van der Waals surface area contributed by atoms with Gasteiger partial charge in [0.25, 0.3) is 0 Å². The smallest absolute Gasteiger partial charge is 0.0868 e. The van der Waals surface area contributed by atoms with Crippen LogP contribution in [-0.4, -0.2) is 33.1 Å². The minimum Gasteiger partial charge on any atom is -0.392 e. The van der Waals surface area contributed by atoms with Gasteiger partial charge in [-0.05, 0) is 106 Å². The highest BCUT2D eigenvalue weighted by Gasteiger charge is 2.58. The summed E-state index contributed by atoms with van der Waals surface area (Å²) in [6, 6.07) is 0. The maximum absolute atomic E-state index is 10.7. The van der Waals surface area contributed by atoms with Gasteiger partial charge in [0, 0.05) is 5.41 Å². The third-order valence-corrected chi connectivity index (χ3v) is 9.86. The van der Waals surface area contributed by atoms with Crippen LogP contribution in [0.25, 0.3) is 0 Å². The van der Waals surface area contributed by atoms with Gasteiger partial charge in [-0.25, -0.2) is 0 Å². The van der Waals surface area contributed by atoms with E-state index >= 15 is 0 Å². The van der Waals surface area contributed by atoms with Crippen LogP contribution in [-0.2, 0) is 0 Å². The second-order valence-electron chi connectivity index (χ2n) is 12.6. The summed E-state index contributed by atoms with van der Waals surface area (Å²) < 4.78 is 0. The van der Waals surface area contributed by atoms with Gasteiger partial charge >= 0.3 is 0 Å². The lowest BCUT2D eigenvalue weighted by Gasteiger charge is -2.44. The predicted molar refractivity (Wildman–Crippen MR) is 131 cm³/mol. The maximum Gasteiger partial charge on any atom is 0.0868 e. The molecule has 4 saturated carbocycles. The molecule has 3 heteroatoms. The lowest BCUT2D eigenvalue weighted by Crippen LogP contribution is -2.40. The van der Waals surface area contributed by atoms with Crippen LogP contribution in [0.1, 0.15) is 98.3 Å². The molecule has 3 nitrogen and oxygen atoms in total. The highest BCUT2D eigenvalue weighted by Crippen LogP contribution is 2.60. The standard InChI is InChI=1S/C29H46O3/c1-19(8-6-14-27(3,4)32)23-12-13-24-21(9-7-15-28(23,24)5)10-11-22-18-25(30)29(16-17-29)26(31)20(22)2/h10-11,19,23-26,30-32H,2,6-9,12-18H2,1,3-5H3/b21-10+,22-11-/t19-,23-,24?,25-,26-,28-/m1/s1. The first-order chi connectivity index (χ1) is 15.0. The first-order valence-corrected chi connectivity index (χ1v) is 13.2. The lowest BCUT2D eigenvalue weighted by molar-refractivity contribution is 0.00125. The fourth-order valence-electron chi connectivity index (χ4n) is 7.65. The van der Waals surface area contributed by atoms with E-state index < -0.39 is 17.8 Å². The Labute approximate surface area is 195 Å². The Morgan fingerprint density at radius 2 is 1.88 bits per heavy atom. The average molecular weight is 443 g/mol. The largest absolute Gasteiger partial charge is 0.392 e. The first kappa shape index (κ1) is 24.2. The number of aliphatic hydroxyl groups is 3. The van der Waals surface area contributed by atoms with Crippen molar-refractivity contribution < 1.29 is 15.3 Å². The van der Waals surface area contributed by atoms with Crippen molar-refractivity contribution in [3.63, 3.8) is 0 Å². The Morgan fingerprint density at radius 3 is 2.53 bits per heavy atom. The van der Waals surface area contributed by atoms with Crippen LogP contribution < -0.4 is 0 Å². The van der Waals surface area contributed by atoms with E-state index in [1.165, 1.54) is 38.5 Å². The van der Waals surface area contributed by atoms with E-state index in [2.05, 4.69) is 32.6 Å². The number of aliphatic hydroxyl groups excluding tert-OH is 2. The molecule has 1 unspecified atom stereocenters. The van der Waals surface area contributed by atoms with Crippen molar-refractivity contribution in [2.45, 2.75) is 116 Å². The Hall–Kier alpha value is -0.900. The van der Waals surface area contributed by atoms with Gasteiger partial charge in [0.2, 0.25) is 0 Å². The van der Waals surface area contributed by atoms with E-state index in [1.54, 1.807) is 5.57 Å². The lowest BCUT2D eigenvalue weighted by atomic mass is 9.60. The zero-order chi connectivity index (χ0) is 23.3. The van der Waals surface area contributed by atoms with Crippen LogP contribution in [0.5, 0.6) is 0 Å². The molecule has 1 spiro atoms. The average Bonchev–Trinajstić information content (AvgIpc) is 3.43. The zero-order valence-electron chi connectivity index (χ0n) is 20.9. The van der Waals surface area contributed by atoms with Crippen molar-refractivity contribution in [3.8, 4) is 0 Å². The molecule has 0 radical (unpaired) electrons. The third-order valence-electron chi connectivity index (χ3n) is 9.86. The van der Waals surface area contributed by atoms with Gasteiger partial charge in [0.15, 0.2) is 0 Å². The zero-order valence-corrected chi connectivity index (χ0v) is 20.9. The Bertz CT molecular complexity index is 781. The first-order valence-electron chi connectivity index (χ1n) is 13.2. The van der Waals surface area contributed by atoms with Crippen molar-refractivity contribution in [1.82, 2.24) is 0 Å². The van der Waals surface area contributed by atoms with Crippen LogP contribution in [0.4, 0.5) is 0 Å². The molecule has 0 aromatic carbocycles. The van der Waals surface area contributed by atoms with Crippen molar-refractivity contribution >= 4 is 0 Å². The van der Waals surface area contributed by atoms with Crippen molar-refractivity contribution in [2.75, 3.05) is 0 Å². The maximum atomic E-state index is 10.7. The molecule has 0 aromatic heterocycles. The summed E-state index contributed by atoms with van der Waals surface area (Å²) in [5, 5.41) is 31.4. The Morgan fingerprint density at radius 1 is 1.16 bits per heavy atom. The number of fused-ring (bicyclic) bond motifs is 1. The molecule has 0 aromatic rings. The second-order valence-corrected chi connectivity index (χ2v) is 12.6. The van der Waals surface area contributed by atoms with E-state index in [0.717, 1.165) is 42.7 Å². The molecular weight excluding hydrogens is 396 g/mol. The third kappa shape index (κ3) is 4.42. The SMILES string of the molecule is C=C1/C(=C\C=C2/CCC[C@@]3(C)C2CC[C@@H]3[C@H](C)CCCC(C)(C)O)C[C@@H](O)C2(CC2)[C@@H]1O. The van der Waals surface area contributed by atoms with Gasteiger partial charge in [0.1, 0.15) is 0 Å². The molecule has 4 fully saturated rings. The van der Waals surface area contributed by atoms with E-state index in [4.69, 9.17) is 0 Å². The van der Waals surface area contributed by atoms with Gasteiger partial charge in [-0.2, -0.15) is 0 Å². The molecule has 0 amide bonds. The summed E-state index contributed by atoms with van der Waals surface area (Å²) in [5.41, 5.74) is 2.95. The molecular formula is C29H46O3. The fraction of sp³-hybridized carbons (Fsp3) is 0.793. The van der Waals surface area contributed by atoms with E-state index in [-0.39, 0.29) is 5.41 Å². The van der Waals surface area contributed by atoms with Crippen LogP contribution in [0.3, 0.4) is 0 Å². The van der Waals surface area contributed by atoms with E-state index in [1.807, 2.05) is 13.8 Å². The molecule has 3 N–H and O–H groups in total. The normalized spacial score (nSPS) is 40.2. The summed E-state index contributed by atoms with van der Waals surface area (Å²) >= 11 is 0. The number of allylic oxidation sites excluding steroid dienone is 3. The molecule has 4 aliphatic rings. The molecule has 4 aliphatic carbocycles. The second kappa shape index (κ2) is 8.71. The highest BCUT2D eigenvalue weighted by atomic mass is 16.3. The number of hydrogen-bond acceptors (Lipinski definition) is 3. The molecule has 0 aliphatic heterocycles. The van der Waals surface area contributed by atoms with Gasteiger partial charge in [-0.3, -0.25) is 0 Å². The molecule has 0 heterocycles. The van der Waals surface area contributed by atoms with Gasteiger partial charge < -0.3 is 15.3 Å². The fourth-order valence-corrected chi connectivity index (χ4v) is 7.65. The van der Waals surface area contributed by atoms with Crippen LogP contribution in [0.2, 0.25) is 0 Å². The Kier molecular flexibility index (Phi) is 6.59. The van der Waals surface area contributed by atoms with Crippen molar-refractivity contribution in [1.29, 1.82) is 0 Å². The van der Waals surface area contributed by atoms with Gasteiger partial charge in [-0.1, -0.05) is 51.0 Å². The van der Waals surface area contributed by atoms with Gasteiger partial charge in [-0.15, -0.1) is 0 Å². The topological polar surface area (TPSA) is 60.7 Å². The summed E-state index contributed by atoms with van der Waals surface area (Å²) in [5.74, 6) is 2.10.